The van der Waals surface area contributed by atoms with Crippen molar-refractivity contribution in [1.29, 1.82) is 0 Å². The minimum absolute atomic E-state index is 0.476. The fraction of sp³-hybridized carbons (Fsp3) is 0.565. The van der Waals surface area contributed by atoms with E-state index in [0.717, 1.165) is 62.3 Å². The Morgan fingerprint density at radius 3 is 2.50 bits per heavy atom. The van der Waals surface area contributed by atoms with Crippen LogP contribution in [0.15, 0.2) is 35.3 Å². The molecule has 1 aromatic carbocycles. The van der Waals surface area contributed by atoms with Gasteiger partial charge in [0, 0.05) is 58.1 Å². The van der Waals surface area contributed by atoms with Crippen LogP contribution in [0.3, 0.4) is 0 Å². The van der Waals surface area contributed by atoms with Crippen molar-refractivity contribution in [3.05, 3.63) is 47.3 Å². The molecule has 0 bridgehead atoms. The molecule has 7 heteroatoms. The average molecular weight is 412 g/mol. The van der Waals surface area contributed by atoms with E-state index in [2.05, 4.69) is 81.6 Å². The molecule has 1 fully saturated rings. The Labute approximate surface area is 181 Å². The fourth-order valence-electron chi connectivity index (χ4n) is 4.03. The molecular formula is C23H37N7. The maximum Gasteiger partial charge on any atom is 0.191 e. The van der Waals surface area contributed by atoms with Gasteiger partial charge in [-0.1, -0.05) is 25.1 Å². The summed E-state index contributed by atoms with van der Waals surface area (Å²) >= 11 is 0. The van der Waals surface area contributed by atoms with Crippen molar-refractivity contribution < 1.29 is 0 Å². The topological polar surface area (TPSA) is 60.7 Å². The van der Waals surface area contributed by atoms with E-state index in [1.807, 2.05) is 18.7 Å². The van der Waals surface area contributed by atoms with Crippen LogP contribution in [-0.4, -0.2) is 77.9 Å². The highest BCUT2D eigenvalue weighted by molar-refractivity contribution is 5.79. The first kappa shape index (κ1) is 22.3. The van der Waals surface area contributed by atoms with Gasteiger partial charge in [-0.15, -0.1) is 0 Å². The average Bonchev–Trinajstić information content (AvgIpc) is 3.11. The van der Waals surface area contributed by atoms with E-state index in [1.165, 1.54) is 5.56 Å². The van der Waals surface area contributed by atoms with Crippen molar-refractivity contribution in [2.24, 2.45) is 4.99 Å². The molecule has 1 aliphatic rings. The van der Waals surface area contributed by atoms with Crippen LogP contribution in [0.1, 0.15) is 30.8 Å². The van der Waals surface area contributed by atoms with E-state index in [9.17, 15) is 0 Å². The summed E-state index contributed by atoms with van der Waals surface area (Å²) in [5.41, 5.74) is 4.46. The summed E-state index contributed by atoms with van der Waals surface area (Å²) in [4.78, 5) is 9.49. The third-order valence-electron chi connectivity index (χ3n) is 5.94. The number of nitrogens with zero attached hydrogens (tertiary/aromatic N) is 5. The predicted octanol–water partition coefficient (Wildman–Crippen LogP) is 2.18. The second-order valence-corrected chi connectivity index (χ2v) is 8.09. The van der Waals surface area contributed by atoms with Crippen LogP contribution in [0.2, 0.25) is 0 Å². The number of rotatable bonds is 7. The fourth-order valence-corrected chi connectivity index (χ4v) is 4.03. The summed E-state index contributed by atoms with van der Waals surface area (Å²) in [7, 11) is 1.83. The highest BCUT2D eigenvalue weighted by Gasteiger charge is 2.20. The van der Waals surface area contributed by atoms with Crippen LogP contribution in [0, 0.1) is 13.8 Å². The van der Waals surface area contributed by atoms with E-state index >= 15 is 0 Å². The standard InChI is InChI=1S/C23H37N7/c1-6-28-11-13-29(14-12-28)20(4)16-25-23(24-5)26-17-21-9-7-8-10-22(21)30-19(3)15-18(2)27-30/h7-10,15,20H,6,11-14,16-17H2,1-5H3,(H2,24,25,26). The zero-order valence-corrected chi connectivity index (χ0v) is 19.1. The smallest absolute Gasteiger partial charge is 0.191 e. The van der Waals surface area contributed by atoms with Gasteiger partial charge in [0.15, 0.2) is 5.96 Å². The van der Waals surface area contributed by atoms with E-state index in [1.54, 1.807) is 0 Å². The monoisotopic (exact) mass is 411 g/mol. The molecule has 2 N–H and O–H groups in total. The molecule has 2 aromatic rings. The number of para-hydroxylation sites is 1. The summed E-state index contributed by atoms with van der Waals surface area (Å²) in [6, 6.07) is 11.0. The van der Waals surface area contributed by atoms with Gasteiger partial charge in [-0.25, -0.2) is 4.68 Å². The highest BCUT2D eigenvalue weighted by Crippen LogP contribution is 2.16. The van der Waals surface area contributed by atoms with Gasteiger partial charge in [-0.3, -0.25) is 9.89 Å². The molecule has 164 valence electrons. The van der Waals surface area contributed by atoms with Crippen molar-refractivity contribution in [2.45, 2.75) is 40.3 Å². The molecule has 0 saturated carbocycles. The summed E-state index contributed by atoms with van der Waals surface area (Å²) < 4.78 is 2.01. The van der Waals surface area contributed by atoms with Crippen LogP contribution < -0.4 is 10.6 Å². The van der Waals surface area contributed by atoms with Crippen LogP contribution >= 0.6 is 0 Å². The van der Waals surface area contributed by atoms with Crippen molar-refractivity contribution >= 4 is 5.96 Å². The first-order valence-corrected chi connectivity index (χ1v) is 11.0. The van der Waals surface area contributed by atoms with Gasteiger partial charge in [0.1, 0.15) is 0 Å². The molecule has 0 radical (unpaired) electrons. The summed E-state index contributed by atoms with van der Waals surface area (Å²) in [5, 5.41) is 11.6. The number of aliphatic imine (C=N–C) groups is 1. The Kier molecular flexibility index (Phi) is 7.87. The first-order valence-electron chi connectivity index (χ1n) is 11.0. The number of piperazine rings is 1. The van der Waals surface area contributed by atoms with E-state index in [4.69, 9.17) is 0 Å². The zero-order valence-electron chi connectivity index (χ0n) is 19.1. The third kappa shape index (κ3) is 5.61. The van der Waals surface area contributed by atoms with E-state index in [-0.39, 0.29) is 0 Å². The molecule has 30 heavy (non-hydrogen) atoms. The molecule has 3 rings (SSSR count). The molecule has 0 spiro atoms. The Morgan fingerprint density at radius 2 is 1.87 bits per heavy atom. The van der Waals surface area contributed by atoms with Crippen LogP contribution in [0.4, 0.5) is 0 Å². The van der Waals surface area contributed by atoms with Crippen LogP contribution in [0.25, 0.3) is 5.69 Å². The number of hydrogen-bond donors (Lipinski definition) is 2. The van der Waals surface area contributed by atoms with Crippen molar-refractivity contribution in [1.82, 2.24) is 30.2 Å². The number of nitrogens with one attached hydrogen (secondary N) is 2. The second kappa shape index (κ2) is 10.6. The van der Waals surface area contributed by atoms with Gasteiger partial charge in [-0.2, -0.15) is 5.10 Å². The molecule has 1 unspecified atom stereocenters. The Bertz CT molecular complexity index is 834. The lowest BCUT2D eigenvalue weighted by atomic mass is 10.1. The number of guanidine groups is 1. The van der Waals surface area contributed by atoms with Crippen molar-refractivity contribution in [3.63, 3.8) is 0 Å². The molecule has 7 nitrogen and oxygen atoms in total. The number of benzene rings is 1. The van der Waals surface area contributed by atoms with Crippen LogP contribution in [-0.2, 0) is 6.54 Å². The Balaban J connectivity index is 1.55. The largest absolute Gasteiger partial charge is 0.355 e. The highest BCUT2D eigenvalue weighted by atomic mass is 15.3. The lowest BCUT2D eigenvalue weighted by molar-refractivity contribution is 0.107. The minimum Gasteiger partial charge on any atom is -0.355 e. The molecule has 1 aromatic heterocycles. The van der Waals surface area contributed by atoms with Gasteiger partial charge in [-0.05, 0) is 45.0 Å². The van der Waals surface area contributed by atoms with Gasteiger partial charge in [0.25, 0.3) is 0 Å². The number of aryl methyl sites for hydroxylation is 2. The molecular weight excluding hydrogens is 374 g/mol. The molecule has 1 atom stereocenters. The SMILES string of the molecule is CCN1CCN(C(C)CNC(=NC)NCc2ccccc2-n2nc(C)cc2C)CC1. The Morgan fingerprint density at radius 1 is 1.13 bits per heavy atom. The quantitative estimate of drug-likeness (QED) is 0.540. The molecule has 0 aliphatic carbocycles. The molecule has 2 heterocycles. The van der Waals surface area contributed by atoms with Gasteiger partial charge >= 0.3 is 0 Å². The lowest BCUT2D eigenvalue weighted by Crippen LogP contribution is -2.53. The first-order chi connectivity index (χ1) is 14.5. The normalized spacial score (nSPS) is 17.2. The van der Waals surface area contributed by atoms with Gasteiger partial charge in [0.05, 0.1) is 11.4 Å². The van der Waals surface area contributed by atoms with Gasteiger partial charge < -0.3 is 15.5 Å². The van der Waals surface area contributed by atoms with Gasteiger partial charge in [0.2, 0.25) is 0 Å². The third-order valence-corrected chi connectivity index (χ3v) is 5.94. The predicted molar refractivity (Wildman–Crippen MR) is 124 cm³/mol. The maximum absolute atomic E-state index is 4.65. The summed E-state index contributed by atoms with van der Waals surface area (Å²) in [5.74, 6) is 0.831. The molecule has 1 aliphatic heterocycles. The van der Waals surface area contributed by atoms with E-state index in [0.29, 0.717) is 12.6 Å². The Hall–Kier alpha value is -2.38. The van der Waals surface area contributed by atoms with Crippen LogP contribution in [0.5, 0.6) is 0 Å². The maximum atomic E-state index is 4.65. The molecule has 0 amide bonds. The summed E-state index contributed by atoms with van der Waals surface area (Å²) in [6.07, 6.45) is 0. The van der Waals surface area contributed by atoms with Crippen molar-refractivity contribution in [2.75, 3.05) is 46.3 Å². The zero-order chi connectivity index (χ0) is 21.5. The van der Waals surface area contributed by atoms with Crippen molar-refractivity contribution in [3.8, 4) is 5.69 Å². The number of likely N-dealkylation sites (N-methyl/N-ethyl adjacent to an activating group) is 1. The molecule has 1 saturated heterocycles. The lowest BCUT2D eigenvalue weighted by Gasteiger charge is -2.37. The second-order valence-electron chi connectivity index (χ2n) is 8.09. The van der Waals surface area contributed by atoms with E-state index < -0.39 is 0 Å². The summed E-state index contributed by atoms with van der Waals surface area (Å²) in [6.45, 7) is 16.0. The minimum atomic E-state index is 0.476. The number of hydrogen-bond acceptors (Lipinski definition) is 4. The number of aromatic nitrogens is 2.